The Balaban J connectivity index is 1.87. The van der Waals surface area contributed by atoms with E-state index in [2.05, 4.69) is 11.8 Å². The van der Waals surface area contributed by atoms with Gasteiger partial charge >= 0.3 is 0 Å². The molecule has 15 heavy (non-hydrogen) atoms. The van der Waals surface area contributed by atoms with E-state index in [0.29, 0.717) is 24.5 Å². The summed E-state index contributed by atoms with van der Waals surface area (Å²) in [6.07, 6.45) is 5.76. The molecule has 0 aromatic heterocycles. The Morgan fingerprint density at radius 1 is 1.47 bits per heavy atom. The summed E-state index contributed by atoms with van der Waals surface area (Å²) in [6, 6.07) is 0.527. The molecular formula is C12H21NO2. The molecule has 2 atom stereocenters. The standard InChI is InChI=1S/C12H21NO2/c1-2-4-10(14)9-13-7-8-15-12-6-3-5-11(12)13/h11-12H,2-9H2,1H3. The first-order chi connectivity index (χ1) is 7.31. The summed E-state index contributed by atoms with van der Waals surface area (Å²) in [4.78, 5) is 14.0. The van der Waals surface area contributed by atoms with Gasteiger partial charge in [0.25, 0.3) is 0 Å². The maximum atomic E-state index is 11.6. The van der Waals surface area contributed by atoms with E-state index in [1.54, 1.807) is 0 Å². The summed E-state index contributed by atoms with van der Waals surface area (Å²) in [5, 5.41) is 0. The molecule has 2 rings (SSSR count). The van der Waals surface area contributed by atoms with Crippen molar-refractivity contribution < 1.29 is 9.53 Å². The van der Waals surface area contributed by atoms with Gasteiger partial charge in [0, 0.05) is 19.0 Å². The minimum Gasteiger partial charge on any atom is -0.375 e. The summed E-state index contributed by atoms with van der Waals surface area (Å²) in [5.74, 6) is 0.394. The van der Waals surface area contributed by atoms with Crippen LogP contribution in [0.5, 0.6) is 0 Å². The lowest BCUT2D eigenvalue weighted by Gasteiger charge is -2.37. The Morgan fingerprint density at radius 2 is 2.33 bits per heavy atom. The average Bonchev–Trinajstić information content (AvgIpc) is 2.67. The number of rotatable bonds is 4. The number of ether oxygens (including phenoxy) is 1. The third-order valence-electron chi connectivity index (χ3n) is 3.51. The normalized spacial score (nSPS) is 31.5. The van der Waals surface area contributed by atoms with E-state index in [9.17, 15) is 4.79 Å². The van der Waals surface area contributed by atoms with Gasteiger partial charge in [-0.2, -0.15) is 0 Å². The molecule has 86 valence electrons. The van der Waals surface area contributed by atoms with E-state index in [4.69, 9.17) is 4.74 Å². The number of fused-ring (bicyclic) bond motifs is 1. The smallest absolute Gasteiger partial charge is 0.146 e. The topological polar surface area (TPSA) is 29.5 Å². The van der Waals surface area contributed by atoms with Crippen LogP contribution in [0.15, 0.2) is 0 Å². The van der Waals surface area contributed by atoms with E-state index in [1.165, 1.54) is 19.3 Å². The van der Waals surface area contributed by atoms with E-state index in [-0.39, 0.29) is 0 Å². The molecule has 2 aliphatic rings. The molecule has 0 aromatic carbocycles. The number of Topliss-reactive ketones (excluding diaryl/α,β-unsaturated/α-hetero) is 1. The quantitative estimate of drug-likeness (QED) is 0.707. The van der Waals surface area contributed by atoms with Crippen LogP contribution in [-0.2, 0) is 9.53 Å². The molecule has 1 aliphatic carbocycles. The second-order valence-corrected chi connectivity index (χ2v) is 4.67. The molecule has 0 bridgehead atoms. The van der Waals surface area contributed by atoms with Gasteiger partial charge in [0.05, 0.1) is 19.3 Å². The van der Waals surface area contributed by atoms with Crippen molar-refractivity contribution >= 4 is 5.78 Å². The van der Waals surface area contributed by atoms with Crippen LogP contribution in [-0.4, -0.2) is 42.5 Å². The van der Waals surface area contributed by atoms with Crippen molar-refractivity contribution in [3.8, 4) is 0 Å². The van der Waals surface area contributed by atoms with Crippen molar-refractivity contribution in [2.24, 2.45) is 0 Å². The van der Waals surface area contributed by atoms with Crippen molar-refractivity contribution in [1.82, 2.24) is 4.90 Å². The molecule has 3 heteroatoms. The Kier molecular flexibility index (Phi) is 3.76. The highest BCUT2D eigenvalue weighted by atomic mass is 16.5. The first-order valence-corrected chi connectivity index (χ1v) is 6.18. The molecule has 0 amide bonds. The lowest BCUT2D eigenvalue weighted by atomic mass is 10.1. The summed E-state index contributed by atoms with van der Waals surface area (Å²) in [7, 11) is 0. The fourth-order valence-corrected chi connectivity index (χ4v) is 2.79. The van der Waals surface area contributed by atoms with Crippen LogP contribution >= 0.6 is 0 Å². The third-order valence-corrected chi connectivity index (χ3v) is 3.51. The fraction of sp³-hybridized carbons (Fsp3) is 0.917. The number of hydrogen-bond acceptors (Lipinski definition) is 3. The predicted molar refractivity (Wildman–Crippen MR) is 58.9 cm³/mol. The van der Waals surface area contributed by atoms with E-state index in [1.807, 2.05) is 0 Å². The van der Waals surface area contributed by atoms with Crippen LogP contribution in [0.2, 0.25) is 0 Å². The van der Waals surface area contributed by atoms with Gasteiger partial charge in [0.15, 0.2) is 0 Å². The number of carbonyl (C=O) groups excluding carboxylic acids is 1. The maximum absolute atomic E-state index is 11.6. The number of hydrogen-bond donors (Lipinski definition) is 0. The number of morpholine rings is 1. The first-order valence-electron chi connectivity index (χ1n) is 6.18. The first kappa shape index (κ1) is 11.1. The molecule has 1 saturated carbocycles. The van der Waals surface area contributed by atoms with E-state index in [0.717, 1.165) is 26.0 Å². The van der Waals surface area contributed by atoms with Crippen LogP contribution in [0.4, 0.5) is 0 Å². The van der Waals surface area contributed by atoms with E-state index >= 15 is 0 Å². The van der Waals surface area contributed by atoms with Crippen molar-refractivity contribution in [3.05, 3.63) is 0 Å². The lowest BCUT2D eigenvalue weighted by molar-refractivity contribution is -0.124. The van der Waals surface area contributed by atoms with Gasteiger partial charge in [0.1, 0.15) is 5.78 Å². The zero-order valence-electron chi connectivity index (χ0n) is 9.58. The monoisotopic (exact) mass is 211 g/mol. The van der Waals surface area contributed by atoms with Crippen molar-refractivity contribution in [3.63, 3.8) is 0 Å². The Hall–Kier alpha value is -0.410. The second-order valence-electron chi connectivity index (χ2n) is 4.67. The highest BCUT2D eigenvalue weighted by Crippen LogP contribution is 2.29. The van der Waals surface area contributed by atoms with Crippen molar-refractivity contribution in [2.45, 2.75) is 51.2 Å². The summed E-state index contributed by atoms with van der Waals surface area (Å²) < 4.78 is 5.72. The lowest BCUT2D eigenvalue weighted by Crippen LogP contribution is -2.50. The van der Waals surface area contributed by atoms with Crippen molar-refractivity contribution in [1.29, 1.82) is 0 Å². The van der Waals surface area contributed by atoms with Gasteiger partial charge in [-0.05, 0) is 25.7 Å². The van der Waals surface area contributed by atoms with Crippen LogP contribution in [0.1, 0.15) is 39.0 Å². The molecular weight excluding hydrogens is 190 g/mol. The van der Waals surface area contributed by atoms with Gasteiger partial charge in [0.2, 0.25) is 0 Å². The largest absolute Gasteiger partial charge is 0.375 e. The summed E-state index contributed by atoms with van der Waals surface area (Å²) in [6.45, 7) is 4.46. The van der Waals surface area contributed by atoms with Crippen LogP contribution in [0, 0.1) is 0 Å². The number of carbonyl (C=O) groups is 1. The molecule has 0 aromatic rings. The van der Waals surface area contributed by atoms with Crippen molar-refractivity contribution in [2.75, 3.05) is 19.7 Å². The van der Waals surface area contributed by atoms with Gasteiger partial charge in [-0.3, -0.25) is 9.69 Å². The van der Waals surface area contributed by atoms with Crippen LogP contribution in [0.25, 0.3) is 0 Å². The molecule has 1 heterocycles. The summed E-state index contributed by atoms with van der Waals surface area (Å²) in [5.41, 5.74) is 0. The van der Waals surface area contributed by atoms with Gasteiger partial charge in [-0.1, -0.05) is 6.92 Å². The molecule has 0 spiro atoms. The second kappa shape index (κ2) is 5.08. The highest BCUT2D eigenvalue weighted by molar-refractivity contribution is 5.80. The molecule has 2 fully saturated rings. The molecule has 3 nitrogen and oxygen atoms in total. The number of nitrogens with zero attached hydrogens (tertiary/aromatic N) is 1. The minimum atomic E-state index is 0.394. The SMILES string of the molecule is CCCC(=O)CN1CCOC2CCCC21. The Bertz CT molecular complexity index is 230. The van der Waals surface area contributed by atoms with Gasteiger partial charge in [-0.15, -0.1) is 0 Å². The zero-order chi connectivity index (χ0) is 10.7. The Morgan fingerprint density at radius 3 is 3.13 bits per heavy atom. The predicted octanol–water partition coefficient (Wildman–Crippen LogP) is 1.61. The fourth-order valence-electron chi connectivity index (χ4n) is 2.79. The number of ketones is 1. The van der Waals surface area contributed by atoms with Gasteiger partial charge in [-0.25, -0.2) is 0 Å². The highest BCUT2D eigenvalue weighted by Gasteiger charge is 2.36. The molecule has 0 N–H and O–H groups in total. The molecule has 0 radical (unpaired) electrons. The third kappa shape index (κ3) is 2.58. The van der Waals surface area contributed by atoms with Crippen LogP contribution < -0.4 is 0 Å². The minimum absolute atomic E-state index is 0.394. The van der Waals surface area contributed by atoms with Gasteiger partial charge < -0.3 is 4.74 Å². The van der Waals surface area contributed by atoms with Crippen LogP contribution in [0.3, 0.4) is 0 Å². The molecule has 1 aliphatic heterocycles. The van der Waals surface area contributed by atoms with E-state index < -0.39 is 0 Å². The Labute approximate surface area is 91.8 Å². The molecule has 1 saturated heterocycles. The average molecular weight is 211 g/mol. The summed E-state index contributed by atoms with van der Waals surface area (Å²) >= 11 is 0. The maximum Gasteiger partial charge on any atom is 0.146 e. The molecule has 2 unspecified atom stereocenters. The zero-order valence-corrected chi connectivity index (χ0v) is 9.58.